The van der Waals surface area contributed by atoms with Crippen molar-refractivity contribution >= 4 is 13.8 Å². The zero-order valence-corrected chi connectivity index (χ0v) is 9.42. The first-order valence-electron chi connectivity index (χ1n) is 5.61. The SMILES string of the molecule is BCCOc1ccc(C2CNC(=N)N2)cc1. The molecule has 1 heterocycles. The quantitative estimate of drug-likeness (QED) is 0.635. The second kappa shape index (κ2) is 4.92. The number of rotatable bonds is 4. The highest BCUT2D eigenvalue weighted by Gasteiger charge is 2.18. The van der Waals surface area contributed by atoms with E-state index in [0.717, 1.165) is 25.2 Å². The molecule has 1 saturated heterocycles. The minimum Gasteiger partial charge on any atom is -0.494 e. The van der Waals surface area contributed by atoms with E-state index in [1.807, 2.05) is 24.3 Å². The first kappa shape index (κ1) is 10.9. The highest BCUT2D eigenvalue weighted by atomic mass is 16.5. The van der Waals surface area contributed by atoms with Crippen LogP contribution >= 0.6 is 0 Å². The lowest BCUT2D eigenvalue weighted by Gasteiger charge is -2.10. The lowest BCUT2D eigenvalue weighted by atomic mass is 10.1. The molecule has 2 rings (SSSR count). The summed E-state index contributed by atoms with van der Waals surface area (Å²) in [6, 6.07) is 8.25. The predicted octanol–water partition coefficient (Wildman–Crippen LogP) is 0.285. The van der Waals surface area contributed by atoms with Crippen molar-refractivity contribution in [3.63, 3.8) is 0 Å². The van der Waals surface area contributed by atoms with Crippen molar-refractivity contribution in [2.24, 2.45) is 0 Å². The van der Waals surface area contributed by atoms with E-state index < -0.39 is 0 Å². The number of hydrogen-bond donors (Lipinski definition) is 3. The van der Waals surface area contributed by atoms with Crippen molar-refractivity contribution in [2.75, 3.05) is 13.2 Å². The smallest absolute Gasteiger partial charge is 0.189 e. The van der Waals surface area contributed by atoms with Gasteiger partial charge >= 0.3 is 0 Å². The normalized spacial score (nSPS) is 19.0. The number of nitrogens with one attached hydrogen (secondary N) is 3. The summed E-state index contributed by atoms with van der Waals surface area (Å²) in [5.74, 6) is 1.31. The van der Waals surface area contributed by atoms with Gasteiger partial charge < -0.3 is 15.4 Å². The average Bonchev–Trinajstić information content (AvgIpc) is 2.74. The van der Waals surface area contributed by atoms with Gasteiger partial charge in [0.1, 0.15) is 13.6 Å². The van der Waals surface area contributed by atoms with E-state index in [1.54, 1.807) is 0 Å². The third-order valence-corrected chi connectivity index (χ3v) is 2.56. The van der Waals surface area contributed by atoms with Crippen LogP contribution < -0.4 is 15.4 Å². The minimum atomic E-state index is 0.202. The summed E-state index contributed by atoms with van der Waals surface area (Å²) < 4.78 is 5.52. The van der Waals surface area contributed by atoms with Crippen molar-refractivity contribution in [2.45, 2.75) is 12.4 Å². The summed E-state index contributed by atoms with van der Waals surface area (Å²) in [5, 5.41) is 13.4. The fourth-order valence-electron chi connectivity index (χ4n) is 1.70. The molecule has 1 atom stereocenters. The summed E-state index contributed by atoms with van der Waals surface area (Å²) in [6.07, 6.45) is 1.02. The summed E-state index contributed by atoms with van der Waals surface area (Å²) in [6.45, 7) is 1.53. The van der Waals surface area contributed by atoms with Gasteiger partial charge in [-0.25, -0.2) is 0 Å². The lowest BCUT2D eigenvalue weighted by molar-refractivity contribution is 0.340. The largest absolute Gasteiger partial charge is 0.494 e. The van der Waals surface area contributed by atoms with Crippen LogP contribution in [0.15, 0.2) is 24.3 Å². The molecule has 5 heteroatoms. The number of hydrogen-bond acceptors (Lipinski definition) is 2. The molecule has 3 N–H and O–H groups in total. The molecule has 1 unspecified atom stereocenters. The molecule has 4 nitrogen and oxygen atoms in total. The van der Waals surface area contributed by atoms with Gasteiger partial charge in [0.2, 0.25) is 0 Å². The molecule has 0 spiro atoms. The first-order valence-corrected chi connectivity index (χ1v) is 5.61. The Labute approximate surface area is 96.3 Å². The number of guanidine groups is 1. The Kier molecular flexibility index (Phi) is 3.34. The molecular weight excluding hydrogens is 201 g/mol. The van der Waals surface area contributed by atoms with Gasteiger partial charge in [0.25, 0.3) is 0 Å². The zero-order chi connectivity index (χ0) is 11.4. The second-order valence-corrected chi connectivity index (χ2v) is 3.87. The summed E-state index contributed by atoms with van der Waals surface area (Å²) in [4.78, 5) is 0. The summed E-state index contributed by atoms with van der Waals surface area (Å²) >= 11 is 0. The fourth-order valence-corrected chi connectivity index (χ4v) is 1.70. The van der Waals surface area contributed by atoms with E-state index >= 15 is 0 Å². The molecule has 0 aliphatic carbocycles. The molecule has 1 fully saturated rings. The van der Waals surface area contributed by atoms with Gasteiger partial charge in [-0.05, 0) is 24.0 Å². The molecule has 1 aliphatic heterocycles. The van der Waals surface area contributed by atoms with E-state index in [2.05, 4.69) is 18.5 Å². The van der Waals surface area contributed by atoms with Crippen LogP contribution in [0.5, 0.6) is 5.75 Å². The average molecular weight is 217 g/mol. The third kappa shape index (κ3) is 2.48. The predicted molar refractivity (Wildman–Crippen MR) is 66.9 cm³/mol. The maximum atomic E-state index is 7.41. The Bertz CT molecular complexity index is 366. The summed E-state index contributed by atoms with van der Waals surface area (Å²) in [5.41, 5.74) is 1.18. The Hall–Kier alpha value is -1.65. The second-order valence-electron chi connectivity index (χ2n) is 3.87. The van der Waals surface area contributed by atoms with E-state index in [1.165, 1.54) is 5.56 Å². The maximum Gasteiger partial charge on any atom is 0.189 e. The van der Waals surface area contributed by atoms with Crippen LogP contribution in [-0.4, -0.2) is 27.0 Å². The lowest BCUT2D eigenvalue weighted by Crippen LogP contribution is -2.22. The van der Waals surface area contributed by atoms with Crippen LogP contribution in [0, 0.1) is 5.41 Å². The van der Waals surface area contributed by atoms with Crippen LogP contribution in [0.2, 0.25) is 6.32 Å². The molecule has 16 heavy (non-hydrogen) atoms. The van der Waals surface area contributed by atoms with Crippen LogP contribution in [0.3, 0.4) is 0 Å². The van der Waals surface area contributed by atoms with Crippen LogP contribution in [0.4, 0.5) is 0 Å². The Morgan fingerprint density at radius 3 is 2.69 bits per heavy atom. The van der Waals surface area contributed by atoms with Gasteiger partial charge in [0, 0.05) is 6.54 Å². The van der Waals surface area contributed by atoms with Crippen LogP contribution in [-0.2, 0) is 0 Å². The molecule has 0 saturated carbocycles. The fraction of sp³-hybridized carbons (Fsp3) is 0.364. The third-order valence-electron chi connectivity index (χ3n) is 2.56. The van der Waals surface area contributed by atoms with Gasteiger partial charge in [0.05, 0.1) is 12.6 Å². The molecule has 0 radical (unpaired) electrons. The molecule has 84 valence electrons. The molecule has 0 aromatic heterocycles. The number of ether oxygens (including phenoxy) is 1. The molecule has 1 aromatic rings. The zero-order valence-electron chi connectivity index (χ0n) is 9.42. The molecule has 0 bridgehead atoms. The Morgan fingerprint density at radius 1 is 1.38 bits per heavy atom. The van der Waals surface area contributed by atoms with E-state index in [4.69, 9.17) is 10.1 Å². The Morgan fingerprint density at radius 2 is 2.12 bits per heavy atom. The first-order chi connectivity index (χ1) is 7.79. The topological polar surface area (TPSA) is 57.1 Å². The van der Waals surface area contributed by atoms with Gasteiger partial charge in [-0.3, -0.25) is 5.41 Å². The summed E-state index contributed by atoms with van der Waals surface area (Å²) in [7, 11) is 2.09. The van der Waals surface area contributed by atoms with Crippen molar-refractivity contribution in [1.82, 2.24) is 10.6 Å². The van der Waals surface area contributed by atoms with Gasteiger partial charge in [-0.15, -0.1) is 0 Å². The van der Waals surface area contributed by atoms with Crippen LogP contribution in [0.1, 0.15) is 11.6 Å². The molecule has 0 amide bonds. The molecular formula is C11H16BN3O. The number of benzene rings is 1. The van der Waals surface area contributed by atoms with Crippen molar-refractivity contribution < 1.29 is 4.74 Å². The van der Waals surface area contributed by atoms with E-state index in [-0.39, 0.29) is 6.04 Å². The van der Waals surface area contributed by atoms with E-state index in [0.29, 0.717) is 5.96 Å². The maximum absolute atomic E-state index is 7.41. The van der Waals surface area contributed by atoms with Gasteiger partial charge in [-0.1, -0.05) is 12.1 Å². The highest BCUT2D eigenvalue weighted by Crippen LogP contribution is 2.19. The van der Waals surface area contributed by atoms with Crippen molar-refractivity contribution in [1.29, 1.82) is 5.41 Å². The van der Waals surface area contributed by atoms with Crippen LogP contribution in [0.25, 0.3) is 0 Å². The van der Waals surface area contributed by atoms with Crippen molar-refractivity contribution in [3.05, 3.63) is 29.8 Å². The van der Waals surface area contributed by atoms with E-state index in [9.17, 15) is 0 Å². The molecule has 1 aliphatic rings. The van der Waals surface area contributed by atoms with Gasteiger partial charge in [-0.2, -0.15) is 0 Å². The Balaban J connectivity index is 1.99. The van der Waals surface area contributed by atoms with Crippen molar-refractivity contribution in [3.8, 4) is 5.75 Å². The molecule has 1 aromatic carbocycles. The van der Waals surface area contributed by atoms with Gasteiger partial charge in [0.15, 0.2) is 5.96 Å². The standard InChI is InChI=1S/C11H16BN3O/c12-5-6-16-9-3-1-8(2-4-9)10-7-14-11(13)15-10/h1-4,10H,5-7,12H2,(H3,13,14,15). The monoisotopic (exact) mass is 217 g/mol. The highest BCUT2D eigenvalue weighted by molar-refractivity contribution is 6.08. The minimum absolute atomic E-state index is 0.202.